The minimum absolute atomic E-state index is 0.169. The van der Waals surface area contributed by atoms with Crippen LogP contribution in [-0.2, 0) is 4.79 Å². The lowest BCUT2D eigenvalue weighted by Crippen LogP contribution is -2.33. The number of nitrogens with zero attached hydrogens (tertiary/aromatic N) is 6. The summed E-state index contributed by atoms with van der Waals surface area (Å²) >= 11 is 0. The van der Waals surface area contributed by atoms with Crippen molar-refractivity contribution < 1.29 is 9.59 Å². The summed E-state index contributed by atoms with van der Waals surface area (Å²) in [5, 5.41) is 25.5. The summed E-state index contributed by atoms with van der Waals surface area (Å²) in [6, 6.07) is 6.69. The summed E-state index contributed by atoms with van der Waals surface area (Å²) in [4.78, 5) is 28.2. The highest BCUT2D eigenvalue weighted by Crippen LogP contribution is 2.34. The van der Waals surface area contributed by atoms with Gasteiger partial charge in [0.2, 0.25) is 5.82 Å². The van der Waals surface area contributed by atoms with E-state index in [9.17, 15) is 14.9 Å². The molecule has 0 aliphatic carbocycles. The number of hydrogen-bond acceptors (Lipinski definition) is 7. The number of anilines is 2. The molecule has 4 rings (SSSR count). The Morgan fingerprint density at radius 1 is 1.44 bits per heavy atom. The molecule has 2 fully saturated rings. The number of rotatable bonds is 4. The van der Waals surface area contributed by atoms with Gasteiger partial charge in [-0.05, 0) is 42.7 Å². The first-order valence-electron chi connectivity index (χ1n) is 8.46. The number of benzene rings is 1. The Balaban J connectivity index is 1.62. The Labute approximate surface area is 154 Å². The van der Waals surface area contributed by atoms with Crippen molar-refractivity contribution in [3.8, 4) is 6.07 Å². The molecule has 3 heterocycles. The Hall–Kier alpha value is -3.74. The summed E-state index contributed by atoms with van der Waals surface area (Å²) in [7, 11) is 0. The van der Waals surface area contributed by atoms with Crippen molar-refractivity contribution in [1.29, 1.82) is 5.26 Å². The maximum Gasteiger partial charge on any atom is 0.332 e. The van der Waals surface area contributed by atoms with Crippen LogP contribution in [0.4, 0.5) is 16.2 Å². The lowest BCUT2D eigenvalue weighted by molar-refractivity contribution is -0.119. The van der Waals surface area contributed by atoms with E-state index in [0.717, 1.165) is 12.0 Å². The number of nitriles is 1. The van der Waals surface area contributed by atoms with Gasteiger partial charge >= 0.3 is 6.03 Å². The van der Waals surface area contributed by atoms with E-state index in [-0.39, 0.29) is 29.4 Å². The summed E-state index contributed by atoms with van der Waals surface area (Å²) < 4.78 is 0. The number of hydrogen-bond donors (Lipinski definition) is 2. The van der Waals surface area contributed by atoms with E-state index in [2.05, 4.69) is 25.9 Å². The average molecular weight is 364 g/mol. The minimum atomic E-state index is -0.350. The molecule has 2 aromatic rings. The quantitative estimate of drug-likeness (QED) is 0.619. The van der Waals surface area contributed by atoms with Crippen molar-refractivity contribution in [3.63, 3.8) is 0 Å². The van der Waals surface area contributed by atoms with Gasteiger partial charge in [-0.25, -0.2) is 9.69 Å². The molecule has 1 atom stereocenters. The normalized spacial score (nSPS) is 19.4. The molecule has 1 aromatic carbocycles. The van der Waals surface area contributed by atoms with Crippen LogP contribution in [0.3, 0.4) is 0 Å². The Morgan fingerprint density at radius 2 is 2.30 bits per heavy atom. The van der Waals surface area contributed by atoms with Gasteiger partial charge in [0, 0.05) is 18.4 Å². The molecule has 0 bridgehead atoms. The van der Waals surface area contributed by atoms with E-state index < -0.39 is 0 Å². The molecule has 1 aromatic heterocycles. The van der Waals surface area contributed by atoms with E-state index in [4.69, 9.17) is 0 Å². The van der Waals surface area contributed by atoms with Crippen molar-refractivity contribution in [2.45, 2.75) is 25.8 Å². The highest BCUT2D eigenvalue weighted by Gasteiger charge is 2.48. The summed E-state index contributed by atoms with van der Waals surface area (Å²) in [5.74, 6) is -0.0133. The number of allylic oxidation sites excluding steroid dienone is 1. The van der Waals surface area contributed by atoms with Crippen LogP contribution < -0.4 is 10.2 Å². The molecule has 0 radical (unpaired) electrons. The molecule has 10 heteroatoms. The second-order valence-corrected chi connectivity index (χ2v) is 6.36. The highest BCUT2D eigenvalue weighted by atomic mass is 16.2. The number of aromatic amines is 1. The first-order chi connectivity index (χ1) is 13.1. The zero-order valence-electron chi connectivity index (χ0n) is 14.5. The first-order valence-corrected chi connectivity index (χ1v) is 8.46. The average Bonchev–Trinajstić information content (AvgIpc) is 3.39. The Morgan fingerprint density at radius 3 is 3.00 bits per heavy atom. The zero-order valence-corrected chi connectivity index (χ0v) is 14.5. The predicted molar refractivity (Wildman–Crippen MR) is 95.2 cm³/mol. The summed E-state index contributed by atoms with van der Waals surface area (Å²) in [6.45, 7) is 2.46. The molecule has 2 aliphatic heterocycles. The monoisotopic (exact) mass is 364 g/mol. The molecule has 136 valence electrons. The second kappa shape index (κ2) is 6.53. The molecular weight excluding hydrogens is 348 g/mol. The predicted octanol–water partition coefficient (Wildman–Crippen LogP) is 1.42. The SMILES string of the molecule is Cc1ccc(NC=C(C#N)c2nn[nH]n2)cc1N1C(=O)C2CCCN2C1=O. The van der Waals surface area contributed by atoms with Gasteiger partial charge in [0.1, 0.15) is 17.7 Å². The van der Waals surface area contributed by atoms with Gasteiger partial charge in [0.15, 0.2) is 0 Å². The van der Waals surface area contributed by atoms with Crippen LogP contribution in [0.25, 0.3) is 5.57 Å². The van der Waals surface area contributed by atoms with E-state index in [1.54, 1.807) is 17.0 Å². The fourth-order valence-corrected chi connectivity index (χ4v) is 3.36. The number of urea groups is 1. The molecule has 3 amide bonds. The van der Waals surface area contributed by atoms with Gasteiger partial charge in [0.05, 0.1) is 5.69 Å². The number of carbonyl (C=O) groups excluding carboxylic acids is 2. The summed E-state index contributed by atoms with van der Waals surface area (Å²) in [6.07, 6.45) is 3.01. The number of imide groups is 1. The third-order valence-electron chi connectivity index (χ3n) is 4.74. The van der Waals surface area contributed by atoms with E-state index in [1.807, 2.05) is 19.1 Å². The van der Waals surface area contributed by atoms with Crippen LogP contribution in [0.2, 0.25) is 0 Å². The molecule has 2 N–H and O–H groups in total. The van der Waals surface area contributed by atoms with Crippen LogP contribution in [-0.4, -0.2) is 50.0 Å². The molecule has 0 saturated carbocycles. The third-order valence-corrected chi connectivity index (χ3v) is 4.74. The van der Waals surface area contributed by atoms with Crippen LogP contribution in [0, 0.1) is 18.3 Å². The highest BCUT2D eigenvalue weighted by molar-refractivity contribution is 6.22. The first kappa shape index (κ1) is 16.7. The van der Waals surface area contributed by atoms with Gasteiger partial charge in [0.25, 0.3) is 5.91 Å². The summed E-state index contributed by atoms with van der Waals surface area (Å²) in [5.41, 5.74) is 2.17. The minimum Gasteiger partial charge on any atom is -0.360 e. The van der Waals surface area contributed by atoms with Gasteiger partial charge in [-0.15, -0.1) is 10.2 Å². The lowest BCUT2D eigenvalue weighted by atomic mass is 10.1. The largest absolute Gasteiger partial charge is 0.360 e. The fourth-order valence-electron chi connectivity index (χ4n) is 3.36. The standard InChI is InChI=1S/C17H16N8O2/c1-10-4-5-12(19-9-11(8-18)15-20-22-23-21-15)7-14(10)25-16(26)13-3-2-6-24(13)17(25)27/h4-5,7,9,13,19H,2-3,6H2,1H3,(H,20,21,22,23). The van der Waals surface area contributed by atoms with Crippen LogP contribution in [0.1, 0.15) is 24.2 Å². The van der Waals surface area contributed by atoms with Crippen LogP contribution in [0.15, 0.2) is 24.4 Å². The zero-order chi connectivity index (χ0) is 19.0. The van der Waals surface area contributed by atoms with Crippen molar-refractivity contribution in [3.05, 3.63) is 35.8 Å². The lowest BCUT2D eigenvalue weighted by Gasteiger charge is -2.18. The number of amides is 3. The molecule has 2 aliphatic rings. The third kappa shape index (κ3) is 2.79. The van der Waals surface area contributed by atoms with Crippen molar-refractivity contribution in [2.75, 3.05) is 16.8 Å². The van der Waals surface area contributed by atoms with Gasteiger partial charge in [-0.1, -0.05) is 6.07 Å². The van der Waals surface area contributed by atoms with Crippen molar-refractivity contribution >= 4 is 28.9 Å². The number of H-pyrrole nitrogens is 1. The molecule has 1 unspecified atom stereocenters. The van der Waals surface area contributed by atoms with Gasteiger partial charge in [-0.2, -0.15) is 10.5 Å². The molecule has 0 spiro atoms. The van der Waals surface area contributed by atoms with Crippen LogP contribution >= 0.6 is 0 Å². The van der Waals surface area contributed by atoms with E-state index in [0.29, 0.717) is 24.3 Å². The smallest absolute Gasteiger partial charge is 0.332 e. The van der Waals surface area contributed by atoms with E-state index >= 15 is 0 Å². The molecular formula is C17H16N8O2. The Bertz CT molecular complexity index is 953. The number of nitrogens with one attached hydrogen (secondary N) is 2. The second-order valence-electron chi connectivity index (χ2n) is 6.36. The molecule has 10 nitrogen and oxygen atoms in total. The Kier molecular flexibility index (Phi) is 4.04. The number of fused-ring (bicyclic) bond motifs is 1. The number of carbonyl (C=O) groups is 2. The molecule has 2 saturated heterocycles. The topological polar surface area (TPSA) is 131 Å². The number of aromatic nitrogens is 4. The van der Waals surface area contributed by atoms with Gasteiger partial charge in [-0.3, -0.25) is 4.79 Å². The van der Waals surface area contributed by atoms with Crippen molar-refractivity contribution in [2.24, 2.45) is 0 Å². The van der Waals surface area contributed by atoms with E-state index in [1.165, 1.54) is 11.1 Å². The van der Waals surface area contributed by atoms with Gasteiger partial charge < -0.3 is 10.2 Å². The van der Waals surface area contributed by atoms with Crippen LogP contribution in [0.5, 0.6) is 0 Å². The maximum absolute atomic E-state index is 12.7. The number of tetrazole rings is 1. The molecule has 27 heavy (non-hydrogen) atoms. The maximum atomic E-state index is 12.7. The number of aryl methyl sites for hydroxylation is 1. The fraction of sp³-hybridized carbons (Fsp3) is 0.294. The van der Waals surface area contributed by atoms with Crippen molar-refractivity contribution in [1.82, 2.24) is 25.5 Å².